The Bertz CT molecular complexity index is 667. The number of likely N-dealkylation sites (N-methyl/N-ethyl adjacent to an activating group) is 1. The number of carbonyl (C=O) groups is 1. The number of carbonyl (C=O) groups excluding carboxylic acids is 1. The number of benzene rings is 1. The van der Waals surface area contributed by atoms with Crippen LogP contribution in [0.4, 0.5) is 5.69 Å². The van der Waals surface area contributed by atoms with E-state index in [0.29, 0.717) is 30.7 Å². The molecule has 0 saturated carbocycles. The first-order valence-corrected chi connectivity index (χ1v) is 8.47. The van der Waals surface area contributed by atoms with Crippen LogP contribution in [0, 0.1) is 5.92 Å². The average molecular weight is 346 g/mol. The van der Waals surface area contributed by atoms with Crippen molar-refractivity contribution in [1.29, 1.82) is 0 Å². The Hall–Kier alpha value is -2.41. The van der Waals surface area contributed by atoms with Crippen molar-refractivity contribution >= 4 is 11.6 Å². The minimum Gasteiger partial charge on any atom is -0.497 e. The zero-order valence-corrected chi connectivity index (χ0v) is 15.3. The monoisotopic (exact) mass is 346 g/mol. The third-order valence-electron chi connectivity index (χ3n) is 3.65. The molecule has 1 aromatic carbocycles. The maximum absolute atomic E-state index is 12.2. The number of methoxy groups -OCH3 is 1. The fourth-order valence-corrected chi connectivity index (χ4v) is 2.35. The van der Waals surface area contributed by atoms with E-state index < -0.39 is 0 Å². The van der Waals surface area contributed by atoms with Gasteiger partial charge in [0.1, 0.15) is 5.75 Å². The Kier molecular flexibility index (Phi) is 6.94. The second kappa shape index (κ2) is 9.17. The number of ether oxygens (including phenoxy) is 1. The van der Waals surface area contributed by atoms with E-state index in [-0.39, 0.29) is 12.5 Å². The van der Waals surface area contributed by atoms with Crippen molar-refractivity contribution < 1.29 is 14.1 Å². The number of hydrogen-bond donors (Lipinski definition) is 1. The van der Waals surface area contributed by atoms with Crippen molar-refractivity contribution in [1.82, 2.24) is 15.0 Å². The number of nitrogens with zero attached hydrogens (tertiary/aromatic N) is 3. The Morgan fingerprint density at radius 2 is 2.04 bits per heavy atom. The lowest BCUT2D eigenvalue weighted by atomic mass is 10.1. The van der Waals surface area contributed by atoms with Crippen molar-refractivity contribution in [3.8, 4) is 5.75 Å². The maximum atomic E-state index is 12.2. The summed E-state index contributed by atoms with van der Waals surface area (Å²) in [7, 11) is 1.61. The molecule has 0 spiro atoms. The molecule has 0 atom stereocenters. The molecule has 1 amide bonds. The first-order chi connectivity index (χ1) is 12.0. The number of rotatable bonds is 9. The summed E-state index contributed by atoms with van der Waals surface area (Å²) in [4.78, 5) is 18.6. The van der Waals surface area contributed by atoms with Crippen molar-refractivity contribution in [2.24, 2.45) is 5.92 Å². The van der Waals surface area contributed by atoms with Gasteiger partial charge in [-0.3, -0.25) is 9.69 Å². The molecule has 0 aliphatic heterocycles. The Balaban J connectivity index is 1.87. The standard InChI is InChI=1S/C18H26N4O3/c1-5-22(12-18-20-16(21-25-18)10-13(2)3)11-17(23)19-14-6-8-15(24-4)9-7-14/h6-9,13H,5,10-12H2,1-4H3,(H,19,23). The predicted molar refractivity (Wildman–Crippen MR) is 95.4 cm³/mol. The summed E-state index contributed by atoms with van der Waals surface area (Å²) in [6.07, 6.45) is 0.785. The number of aromatic nitrogens is 2. The highest BCUT2D eigenvalue weighted by atomic mass is 16.5. The number of anilines is 1. The van der Waals surface area contributed by atoms with Crippen LogP contribution >= 0.6 is 0 Å². The van der Waals surface area contributed by atoms with Crippen LogP contribution in [0.1, 0.15) is 32.5 Å². The van der Waals surface area contributed by atoms with E-state index >= 15 is 0 Å². The van der Waals surface area contributed by atoms with Crippen LogP contribution in [0.25, 0.3) is 0 Å². The quantitative estimate of drug-likeness (QED) is 0.752. The molecule has 0 radical (unpaired) electrons. The highest BCUT2D eigenvalue weighted by Crippen LogP contribution is 2.15. The number of hydrogen-bond acceptors (Lipinski definition) is 6. The van der Waals surface area contributed by atoms with Gasteiger partial charge < -0.3 is 14.6 Å². The maximum Gasteiger partial charge on any atom is 0.240 e. The molecular formula is C18H26N4O3. The van der Waals surface area contributed by atoms with Gasteiger partial charge in [0.25, 0.3) is 0 Å². The van der Waals surface area contributed by atoms with Gasteiger partial charge in [-0.1, -0.05) is 25.9 Å². The van der Waals surface area contributed by atoms with Gasteiger partial charge in [-0.2, -0.15) is 4.98 Å². The summed E-state index contributed by atoms with van der Waals surface area (Å²) < 4.78 is 10.4. The lowest BCUT2D eigenvalue weighted by molar-refractivity contribution is -0.117. The van der Waals surface area contributed by atoms with Crippen LogP contribution in [0.3, 0.4) is 0 Å². The topological polar surface area (TPSA) is 80.5 Å². The first-order valence-electron chi connectivity index (χ1n) is 8.47. The van der Waals surface area contributed by atoms with Crippen LogP contribution in [0.15, 0.2) is 28.8 Å². The summed E-state index contributed by atoms with van der Waals surface area (Å²) >= 11 is 0. The van der Waals surface area contributed by atoms with Gasteiger partial charge in [0, 0.05) is 12.1 Å². The molecule has 136 valence electrons. The molecule has 0 aliphatic carbocycles. The van der Waals surface area contributed by atoms with Gasteiger partial charge in [0.2, 0.25) is 11.8 Å². The van der Waals surface area contributed by atoms with Crippen molar-refractivity contribution in [2.45, 2.75) is 33.7 Å². The Labute approximate surface area is 148 Å². The van der Waals surface area contributed by atoms with Crippen LogP contribution in [0.2, 0.25) is 0 Å². The van der Waals surface area contributed by atoms with Crippen molar-refractivity contribution in [2.75, 3.05) is 25.5 Å². The molecule has 1 N–H and O–H groups in total. The normalized spacial score (nSPS) is 11.1. The molecule has 7 heteroatoms. The average Bonchev–Trinajstić information content (AvgIpc) is 3.01. The van der Waals surface area contributed by atoms with Gasteiger partial charge in [-0.25, -0.2) is 0 Å². The summed E-state index contributed by atoms with van der Waals surface area (Å²) in [6, 6.07) is 7.23. The second-order valence-electron chi connectivity index (χ2n) is 6.28. The van der Waals surface area contributed by atoms with Crippen LogP contribution in [0.5, 0.6) is 5.75 Å². The molecule has 0 aliphatic rings. The largest absolute Gasteiger partial charge is 0.497 e. The minimum absolute atomic E-state index is 0.0889. The molecule has 0 unspecified atom stereocenters. The summed E-state index contributed by atoms with van der Waals surface area (Å²) in [5, 5.41) is 6.85. The van der Waals surface area contributed by atoms with E-state index in [4.69, 9.17) is 9.26 Å². The predicted octanol–water partition coefficient (Wildman–Crippen LogP) is 2.74. The smallest absolute Gasteiger partial charge is 0.240 e. The van der Waals surface area contributed by atoms with Crippen LogP contribution in [-0.4, -0.2) is 41.1 Å². The fraction of sp³-hybridized carbons (Fsp3) is 0.500. The van der Waals surface area contributed by atoms with Gasteiger partial charge in [-0.15, -0.1) is 0 Å². The van der Waals surface area contributed by atoms with Crippen molar-refractivity contribution in [3.05, 3.63) is 36.0 Å². The third-order valence-corrected chi connectivity index (χ3v) is 3.65. The summed E-state index contributed by atoms with van der Waals surface area (Å²) in [5.41, 5.74) is 0.735. The minimum atomic E-state index is -0.0889. The van der Waals surface area contributed by atoms with E-state index in [1.807, 2.05) is 36.1 Å². The SMILES string of the molecule is CCN(CC(=O)Nc1ccc(OC)cc1)Cc1nc(CC(C)C)no1. The molecular weight excluding hydrogens is 320 g/mol. The molecule has 1 heterocycles. The number of amides is 1. The van der Waals surface area contributed by atoms with E-state index in [9.17, 15) is 4.79 Å². The molecule has 0 saturated heterocycles. The van der Waals surface area contributed by atoms with E-state index in [0.717, 1.165) is 17.9 Å². The van der Waals surface area contributed by atoms with E-state index in [1.54, 1.807) is 7.11 Å². The van der Waals surface area contributed by atoms with Crippen LogP contribution in [-0.2, 0) is 17.8 Å². The van der Waals surface area contributed by atoms with Gasteiger partial charge in [-0.05, 0) is 36.7 Å². The molecule has 0 fully saturated rings. The molecule has 2 aromatic rings. The summed E-state index contributed by atoms with van der Waals surface area (Å²) in [6.45, 7) is 7.63. The Morgan fingerprint density at radius 1 is 1.32 bits per heavy atom. The lowest BCUT2D eigenvalue weighted by Gasteiger charge is -2.17. The zero-order chi connectivity index (χ0) is 18.2. The molecule has 2 rings (SSSR count). The molecule has 1 aromatic heterocycles. The Morgan fingerprint density at radius 3 is 2.64 bits per heavy atom. The van der Waals surface area contributed by atoms with Crippen molar-refractivity contribution in [3.63, 3.8) is 0 Å². The third kappa shape index (κ3) is 6.19. The van der Waals surface area contributed by atoms with Crippen LogP contribution < -0.4 is 10.1 Å². The first kappa shape index (κ1) is 18.9. The molecule has 0 bridgehead atoms. The lowest BCUT2D eigenvalue weighted by Crippen LogP contribution is -2.32. The fourth-order valence-electron chi connectivity index (χ4n) is 2.35. The zero-order valence-electron chi connectivity index (χ0n) is 15.3. The van der Waals surface area contributed by atoms with Gasteiger partial charge in [0.05, 0.1) is 20.2 Å². The highest BCUT2D eigenvalue weighted by molar-refractivity contribution is 5.92. The number of nitrogens with one attached hydrogen (secondary N) is 1. The highest BCUT2D eigenvalue weighted by Gasteiger charge is 2.15. The van der Waals surface area contributed by atoms with Gasteiger partial charge >= 0.3 is 0 Å². The molecule has 7 nitrogen and oxygen atoms in total. The second-order valence-corrected chi connectivity index (χ2v) is 6.28. The van der Waals surface area contributed by atoms with Gasteiger partial charge in [0.15, 0.2) is 5.82 Å². The van der Waals surface area contributed by atoms with E-state index in [1.165, 1.54) is 0 Å². The molecule has 25 heavy (non-hydrogen) atoms. The van der Waals surface area contributed by atoms with E-state index in [2.05, 4.69) is 29.3 Å². The summed E-state index contributed by atoms with van der Waals surface area (Å²) in [5.74, 6) is 2.39.